The molecule has 6 heteroatoms. The lowest BCUT2D eigenvalue weighted by Gasteiger charge is -2.33. The summed E-state index contributed by atoms with van der Waals surface area (Å²) in [7, 11) is 0. The van der Waals surface area contributed by atoms with E-state index in [4.69, 9.17) is 0 Å². The highest BCUT2D eigenvalue weighted by atomic mass is 19.1. The number of aromatic hydroxyl groups is 1. The molecule has 0 saturated carbocycles. The van der Waals surface area contributed by atoms with Gasteiger partial charge in [0.1, 0.15) is 22.9 Å². The second kappa shape index (κ2) is 8.53. The van der Waals surface area contributed by atoms with E-state index in [9.17, 15) is 14.3 Å². The highest BCUT2D eigenvalue weighted by molar-refractivity contribution is 5.85. The van der Waals surface area contributed by atoms with Crippen molar-refractivity contribution in [3.63, 3.8) is 0 Å². The molecule has 1 aliphatic rings. The lowest BCUT2D eigenvalue weighted by atomic mass is 9.84. The fourth-order valence-electron chi connectivity index (χ4n) is 4.23. The monoisotopic (exact) mass is 421 g/mol. The molecule has 31 heavy (non-hydrogen) atoms. The smallest absolute Gasteiger partial charge is 0.223 e. The van der Waals surface area contributed by atoms with Gasteiger partial charge in [-0.1, -0.05) is 44.2 Å². The molecule has 0 unspecified atom stereocenters. The molecule has 3 aromatic rings. The number of fused-ring (bicyclic) bond motifs is 1. The van der Waals surface area contributed by atoms with Gasteiger partial charge in [-0.3, -0.25) is 4.79 Å². The molecule has 5 nitrogen and oxygen atoms in total. The van der Waals surface area contributed by atoms with Crippen molar-refractivity contribution in [3.8, 4) is 5.75 Å². The Balaban J connectivity index is 1.35. The number of benzene rings is 2. The normalized spacial score (nSPS) is 15.3. The SMILES string of the molecule is CC(C)(CNC(=O)C1CCN(c2ccc3cccc(O)c3n2)CC1)c1ccccc1F. The van der Waals surface area contributed by atoms with Crippen molar-refractivity contribution >= 4 is 22.6 Å². The number of aromatic nitrogens is 1. The number of carbonyl (C=O) groups excluding carboxylic acids is 1. The average Bonchev–Trinajstić information content (AvgIpc) is 2.78. The molecule has 1 amide bonds. The van der Waals surface area contributed by atoms with Crippen LogP contribution in [0.2, 0.25) is 0 Å². The van der Waals surface area contributed by atoms with E-state index in [0.717, 1.165) is 37.1 Å². The van der Waals surface area contributed by atoms with Crippen LogP contribution in [-0.2, 0) is 10.2 Å². The van der Waals surface area contributed by atoms with Crippen molar-refractivity contribution in [2.75, 3.05) is 24.5 Å². The van der Waals surface area contributed by atoms with Crippen LogP contribution >= 0.6 is 0 Å². The molecule has 1 fully saturated rings. The summed E-state index contributed by atoms with van der Waals surface area (Å²) in [6, 6.07) is 16.0. The lowest BCUT2D eigenvalue weighted by molar-refractivity contribution is -0.125. The topological polar surface area (TPSA) is 65.5 Å². The molecule has 1 aliphatic heterocycles. The van der Waals surface area contributed by atoms with Crippen molar-refractivity contribution < 1.29 is 14.3 Å². The molecule has 2 N–H and O–H groups in total. The van der Waals surface area contributed by atoms with Crippen LogP contribution in [0.3, 0.4) is 0 Å². The van der Waals surface area contributed by atoms with Crippen molar-refractivity contribution in [1.82, 2.24) is 10.3 Å². The standard InChI is InChI=1S/C25H28FN3O2/c1-25(2,19-7-3-4-8-20(19)26)16-27-24(31)18-12-14-29(15-13-18)22-11-10-17-6-5-9-21(30)23(17)28-22/h3-11,18,30H,12-16H2,1-2H3,(H,27,31). The van der Waals surface area contributed by atoms with Gasteiger partial charge in [0, 0.05) is 36.4 Å². The number of hydrogen-bond acceptors (Lipinski definition) is 4. The minimum Gasteiger partial charge on any atom is -0.506 e. The first-order chi connectivity index (χ1) is 14.8. The van der Waals surface area contributed by atoms with Gasteiger partial charge in [0.15, 0.2) is 0 Å². The van der Waals surface area contributed by atoms with Gasteiger partial charge < -0.3 is 15.3 Å². The van der Waals surface area contributed by atoms with Gasteiger partial charge >= 0.3 is 0 Å². The Hall–Kier alpha value is -3.15. The number of para-hydroxylation sites is 1. The van der Waals surface area contributed by atoms with Crippen molar-refractivity contribution in [3.05, 3.63) is 66.0 Å². The van der Waals surface area contributed by atoms with Crippen LogP contribution in [0.15, 0.2) is 54.6 Å². The summed E-state index contributed by atoms with van der Waals surface area (Å²) in [5.41, 5.74) is 0.713. The molecule has 4 rings (SSSR count). The van der Waals surface area contributed by atoms with E-state index in [1.165, 1.54) is 6.07 Å². The van der Waals surface area contributed by atoms with Crippen molar-refractivity contribution in [2.24, 2.45) is 5.92 Å². The van der Waals surface area contributed by atoms with E-state index >= 15 is 0 Å². The Bertz CT molecular complexity index is 1090. The number of carbonyl (C=O) groups is 1. The summed E-state index contributed by atoms with van der Waals surface area (Å²) in [4.78, 5) is 19.5. The van der Waals surface area contributed by atoms with E-state index in [2.05, 4.69) is 15.2 Å². The third-order valence-electron chi connectivity index (χ3n) is 6.18. The third kappa shape index (κ3) is 4.48. The molecule has 1 aromatic heterocycles. The lowest BCUT2D eigenvalue weighted by Crippen LogP contribution is -2.44. The maximum atomic E-state index is 14.2. The summed E-state index contributed by atoms with van der Waals surface area (Å²) in [5, 5.41) is 14.0. The molecule has 1 saturated heterocycles. The maximum absolute atomic E-state index is 14.2. The first-order valence-electron chi connectivity index (χ1n) is 10.7. The van der Waals surface area contributed by atoms with Gasteiger partial charge in [-0.15, -0.1) is 0 Å². The van der Waals surface area contributed by atoms with Crippen LogP contribution in [0.25, 0.3) is 10.9 Å². The molecule has 0 spiro atoms. The highest BCUT2D eigenvalue weighted by Crippen LogP contribution is 2.28. The van der Waals surface area contributed by atoms with Crippen LogP contribution < -0.4 is 10.2 Å². The second-order valence-corrected chi connectivity index (χ2v) is 8.86. The van der Waals surface area contributed by atoms with E-state index in [1.54, 1.807) is 24.3 Å². The highest BCUT2D eigenvalue weighted by Gasteiger charge is 2.29. The second-order valence-electron chi connectivity index (χ2n) is 8.86. The minimum absolute atomic E-state index is 0.0215. The largest absolute Gasteiger partial charge is 0.506 e. The Morgan fingerprint density at radius 1 is 1.13 bits per heavy atom. The predicted octanol–water partition coefficient (Wildman–Crippen LogP) is 4.39. The Kier molecular flexibility index (Phi) is 5.81. The Morgan fingerprint density at radius 2 is 1.87 bits per heavy atom. The molecule has 2 aromatic carbocycles. The number of amides is 1. The number of nitrogens with one attached hydrogen (secondary N) is 1. The molecule has 0 bridgehead atoms. The fraction of sp³-hybridized carbons (Fsp3) is 0.360. The van der Waals surface area contributed by atoms with E-state index < -0.39 is 5.41 Å². The van der Waals surface area contributed by atoms with Crippen LogP contribution in [0, 0.1) is 11.7 Å². The summed E-state index contributed by atoms with van der Waals surface area (Å²) >= 11 is 0. The summed E-state index contributed by atoms with van der Waals surface area (Å²) in [5.74, 6) is 0.693. The van der Waals surface area contributed by atoms with Gasteiger partial charge in [0.2, 0.25) is 5.91 Å². The number of hydrogen-bond donors (Lipinski definition) is 2. The van der Waals surface area contributed by atoms with Crippen LogP contribution in [0.1, 0.15) is 32.3 Å². The molecule has 0 atom stereocenters. The van der Waals surface area contributed by atoms with Crippen molar-refractivity contribution in [1.29, 1.82) is 0 Å². The predicted molar refractivity (Wildman–Crippen MR) is 121 cm³/mol. The summed E-state index contributed by atoms with van der Waals surface area (Å²) in [6.07, 6.45) is 1.46. The molecule has 2 heterocycles. The van der Waals surface area contributed by atoms with E-state index in [0.29, 0.717) is 17.6 Å². The molecular formula is C25H28FN3O2. The van der Waals surface area contributed by atoms with Crippen molar-refractivity contribution in [2.45, 2.75) is 32.1 Å². The minimum atomic E-state index is -0.487. The zero-order chi connectivity index (χ0) is 22.0. The van der Waals surface area contributed by atoms with Gasteiger partial charge in [-0.05, 0) is 42.7 Å². The van der Waals surface area contributed by atoms with Gasteiger partial charge in [0.05, 0.1) is 0 Å². The number of anilines is 1. The summed E-state index contributed by atoms with van der Waals surface area (Å²) in [6.45, 7) is 5.71. The van der Waals surface area contributed by atoms with E-state index in [1.807, 2.05) is 38.1 Å². The number of pyridine rings is 1. The maximum Gasteiger partial charge on any atom is 0.223 e. The Labute approximate surface area is 181 Å². The number of phenolic OH excluding ortho intramolecular Hbond substituents is 1. The van der Waals surface area contributed by atoms with Gasteiger partial charge in [-0.2, -0.15) is 0 Å². The molecule has 0 radical (unpaired) electrons. The van der Waals surface area contributed by atoms with Gasteiger partial charge in [-0.25, -0.2) is 9.37 Å². The fourth-order valence-corrected chi connectivity index (χ4v) is 4.23. The van der Waals surface area contributed by atoms with Gasteiger partial charge in [0.25, 0.3) is 0 Å². The number of piperidine rings is 1. The first kappa shape index (κ1) is 21.1. The molecule has 0 aliphatic carbocycles. The average molecular weight is 422 g/mol. The zero-order valence-corrected chi connectivity index (χ0v) is 17.9. The Morgan fingerprint density at radius 3 is 2.61 bits per heavy atom. The van der Waals surface area contributed by atoms with E-state index in [-0.39, 0.29) is 23.4 Å². The van der Waals surface area contributed by atoms with Crippen LogP contribution in [0.5, 0.6) is 5.75 Å². The van der Waals surface area contributed by atoms with Crippen LogP contribution in [0.4, 0.5) is 10.2 Å². The first-order valence-corrected chi connectivity index (χ1v) is 10.7. The third-order valence-corrected chi connectivity index (χ3v) is 6.18. The summed E-state index contributed by atoms with van der Waals surface area (Å²) < 4.78 is 14.2. The molecular weight excluding hydrogens is 393 g/mol. The number of nitrogens with zero attached hydrogens (tertiary/aromatic N) is 2. The van der Waals surface area contributed by atoms with Crippen LogP contribution in [-0.4, -0.2) is 35.6 Å². The number of halogens is 1. The molecule has 162 valence electrons. The zero-order valence-electron chi connectivity index (χ0n) is 17.9. The number of phenols is 1. The quantitative estimate of drug-likeness (QED) is 0.641. The number of rotatable bonds is 5.